The summed E-state index contributed by atoms with van der Waals surface area (Å²) in [5.41, 5.74) is 4.68. The number of likely N-dealkylation sites (N-methyl/N-ethyl adjacent to an activating group) is 1. The average molecular weight is 554 g/mol. The second kappa shape index (κ2) is 14.0. The SMILES string of the molecule is CCCC(CCN1CCN(C)CC1)OC(=O)NC1=CC(C)=C(OC2CC=Nc3cc(NC)c(OC)cc32)CC1C. The molecule has 2 heterocycles. The van der Waals surface area contributed by atoms with Gasteiger partial charge in [0, 0.05) is 76.0 Å². The number of methoxy groups -OCH3 is 1. The third-order valence-corrected chi connectivity index (χ3v) is 8.13. The Kier molecular flexibility index (Phi) is 10.5. The van der Waals surface area contributed by atoms with Crippen molar-refractivity contribution in [2.45, 2.75) is 65.1 Å². The normalized spacial score (nSPS) is 22.3. The maximum Gasteiger partial charge on any atom is 0.411 e. The van der Waals surface area contributed by atoms with E-state index in [4.69, 9.17) is 14.2 Å². The minimum Gasteiger partial charge on any atom is -0.495 e. The summed E-state index contributed by atoms with van der Waals surface area (Å²) < 4.78 is 18.1. The van der Waals surface area contributed by atoms with Crippen molar-refractivity contribution in [3.63, 3.8) is 0 Å². The molecule has 1 amide bonds. The number of rotatable bonds is 11. The van der Waals surface area contributed by atoms with E-state index < -0.39 is 0 Å². The smallest absolute Gasteiger partial charge is 0.411 e. The molecule has 0 spiro atoms. The highest BCUT2D eigenvalue weighted by atomic mass is 16.6. The van der Waals surface area contributed by atoms with Crippen LogP contribution >= 0.6 is 0 Å². The molecule has 1 aromatic rings. The fourth-order valence-corrected chi connectivity index (χ4v) is 5.56. The van der Waals surface area contributed by atoms with E-state index in [0.29, 0.717) is 12.8 Å². The molecule has 220 valence electrons. The fraction of sp³-hybridized carbons (Fsp3) is 0.613. The largest absolute Gasteiger partial charge is 0.495 e. The first-order valence-electron chi connectivity index (χ1n) is 14.7. The van der Waals surface area contributed by atoms with Crippen LogP contribution in [0.1, 0.15) is 64.5 Å². The Morgan fingerprint density at radius 3 is 2.67 bits per heavy atom. The molecule has 1 aromatic carbocycles. The Hall–Kier alpha value is -3.04. The number of aliphatic imine (C=N–C) groups is 1. The number of hydrogen-bond acceptors (Lipinski definition) is 8. The van der Waals surface area contributed by atoms with Gasteiger partial charge in [0.2, 0.25) is 0 Å². The van der Waals surface area contributed by atoms with Gasteiger partial charge in [0.25, 0.3) is 0 Å². The first kappa shape index (κ1) is 29.9. The molecule has 1 fully saturated rings. The van der Waals surface area contributed by atoms with E-state index in [1.54, 1.807) is 7.11 Å². The van der Waals surface area contributed by atoms with Gasteiger partial charge in [-0.15, -0.1) is 0 Å². The van der Waals surface area contributed by atoms with Crippen molar-refractivity contribution in [3.05, 3.63) is 40.8 Å². The molecule has 4 rings (SSSR count). The fourth-order valence-electron chi connectivity index (χ4n) is 5.56. The lowest BCUT2D eigenvalue weighted by atomic mass is 9.93. The van der Waals surface area contributed by atoms with Crippen LogP contribution in [0.2, 0.25) is 0 Å². The number of carbonyl (C=O) groups excluding carboxylic acids is 1. The molecule has 3 atom stereocenters. The van der Waals surface area contributed by atoms with Crippen LogP contribution in [0.5, 0.6) is 5.75 Å². The summed E-state index contributed by atoms with van der Waals surface area (Å²) in [5.74, 6) is 1.80. The molecule has 3 unspecified atom stereocenters. The molecule has 2 aliphatic heterocycles. The Morgan fingerprint density at radius 2 is 1.98 bits per heavy atom. The standard InChI is InChI=1S/C31H47N5O4/c1-7-8-23(10-12-36-15-13-35(5)14-16-36)39-31(37)34-25-17-22(3)29(18-21(25)2)40-28-9-11-33-26-20-27(32-4)30(38-6)19-24(26)28/h11,17,19-21,23,28,32H,7-10,12-16,18H2,1-6H3,(H,34,37). The van der Waals surface area contributed by atoms with Crippen molar-refractivity contribution in [2.75, 3.05) is 59.2 Å². The van der Waals surface area contributed by atoms with Crippen molar-refractivity contribution >= 4 is 23.7 Å². The number of allylic oxidation sites excluding steroid dienone is 4. The summed E-state index contributed by atoms with van der Waals surface area (Å²) >= 11 is 0. The van der Waals surface area contributed by atoms with Gasteiger partial charge in [-0.05, 0) is 50.6 Å². The minimum absolute atomic E-state index is 0.0758. The zero-order valence-corrected chi connectivity index (χ0v) is 25.1. The predicted molar refractivity (Wildman–Crippen MR) is 161 cm³/mol. The summed E-state index contributed by atoms with van der Waals surface area (Å²) in [6.07, 6.45) is 7.46. The average Bonchev–Trinajstić information content (AvgIpc) is 2.94. The van der Waals surface area contributed by atoms with Crippen molar-refractivity contribution in [3.8, 4) is 5.75 Å². The summed E-state index contributed by atoms with van der Waals surface area (Å²) in [7, 11) is 5.70. The molecular weight excluding hydrogens is 506 g/mol. The number of carbonyl (C=O) groups is 1. The lowest BCUT2D eigenvalue weighted by molar-refractivity contribution is 0.0726. The number of alkyl carbamates (subject to hydrolysis) is 1. The highest BCUT2D eigenvalue weighted by molar-refractivity contribution is 5.75. The second-order valence-electron chi connectivity index (χ2n) is 11.2. The number of piperazine rings is 1. The molecule has 0 aromatic heterocycles. The molecule has 2 N–H and O–H groups in total. The number of nitrogens with one attached hydrogen (secondary N) is 2. The number of amides is 1. The first-order valence-corrected chi connectivity index (χ1v) is 14.7. The molecule has 0 saturated carbocycles. The van der Waals surface area contributed by atoms with Gasteiger partial charge in [0.1, 0.15) is 23.7 Å². The molecule has 40 heavy (non-hydrogen) atoms. The highest BCUT2D eigenvalue weighted by Gasteiger charge is 2.28. The van der Waals surface area contributed by atoms with Crippen LogP contribution in [0.3, 0.4) is 0 Å². The van der Waals surface area contributed by atoms with Gasteiger partial charge in [0.05, 0.1) is 18.5 Å². The molecule has 9 heteroatoms. The van der Waals surface area contributed by atoms with E-state index in [1.807, 2.05) is 38.4 Å². The Balaban J connectivity index is 1.37. The van der Waals surface area contributed by atoms with Gasteiger partial charge in [-0.1, -0.05) is 20.3 Å². The highest BCUT2D eigenvalue weighted by Crippen LogP contribution is 2.42. The molecule has 9 nitrogen and oxygen atoms in total. The van der Waals surface area contributed by atoms with Crippen LogP contribution in [0, 0.1) is 5.92 Å². The predicted octanol–water partition coefficient (Wildman–Crippen LogP) is 5.63. The lowest BCUT2D eigenvalue weighted by Crippen LogP contribution is -2.45. The van der Waals surface area contributed by atoms with E-state index in [2.05, 4.69) is 46.3 Å². The van der Waals surface area contributed by atoms with Crippen LogP contribution in [0.15, 0.2) is 40.2 Å². The van der Waals surface area contributed by atoms with Gasteiger partial charge in [-0.25, -0.2) is 4.79 Å². The molecule has 0 radical (unpaired) electrons. The van der Waals surface area contributed by atoms with Gasteiger partial charge in [-0.2, -0.15) is 0 Å². The quantitative estimate of drug-likeness (QED) is 0.367. The number of benzene rings is 1. The van der Waals surface area contributed by atoms with Gasteiger partial charge >= 0.3 is 6.09 Å². The van der Waals surface area contributed by atoms with Crippen LogP contribution in [-0.4, -0.2) is 82.1 Å². The monoisotopic (exact) mass is 553 g/mol. The van der Waals surface area contributed by atoms with Crippen molar-refractivity contribution in [1.29, 1.82) is 0 Å². The van der Waals surface area contributed by atoms with Gasteiger partial charge < -0.3 is 29.3 Å². The van der Waals surface area contributed by atoms with E-state index in [1.165, 1.54) is 0 Å². The third-order valence-electron chi connectivity index (χ3n) is 8.13. The third kappa shape index (κ3) is 7.57. The number of ether oxygens (including phenoxy) is 3. The Labute approximate surface area is 239 Å². The van der Waals surface area contributed by atoms with E-state index >= 15 is 0 Å². The van der Waals surface area contributed by atoms with Crippen molar-refractivity contribution < 1.29 is 19.0 Å². The number of hydrogen-bond donors (Lipinski definition) is 2. The molecule has 0 bridgehead atoms. The van der Waals surface area contributed by atoms with E-state index in [9.17, 15) is 4.79 Å². The molecule has 1 aliphatic carbocycles. The maximum absolute atomic E-state index is 12.9. The molecule has 1 saturated heterocycles. The molecular formula is C31H47N5O4. The summed E-state index contributed by atoms with van der Waals surface area (Å²) in [6, 6.07) is 4.01. The zero-order chi connectivity index (χ0) is 28.6. The van der Waals surface area contributed by atoms with Crippen LogP contribution < -0.4 is 15.4 Å². The van der Waals surface area contributed by atoms with Crippen LogP contribution in [-0.2, 0) is 9.47 Å². The lowest BCUT2D eigenvalue weighted by Gasteiger charge is -2.33. The minimum atomic E-state index is -0.364. The topological polar surface area (TPSA) is 87.7 Å². The van der Waals surface area contributed by atoms with Crippen LogP contribution in [0.4, 0.5) is 16.2 Å². The zero-order valence-electron chi connectivity index (χ0n) is 25.1. The summed E-state index contributed by atoms with van der Waals surface area (Å²) in [4.78, 5) is 22.3. The Bertz CT molecular complexity index is 1120. The van der Waals surface area contributed by atoms with Crippen molar-refractivity contribution in [2.24, 2.45) is 10.9 Å². The van der Waals surface area contributed by atoms with Gasteiger partial charge in [0.15, 0.2) is 0 Å². The first-order chi connectivity index (χ1) is 19.3. The maximum atomic E-state index is 12.9. The summed E-state index contributed by atoms with van der Waals surface area (Å²) in [5, 5.41) is 6.21. The second-order valence-corrected chi connectivity index (χ2v) is 11.2. The molecule has 3 aliphatic rings. The van der Waals surface area contributed by atoms with E-state index in [-0.39, 0.29) is 24.2 Å². The Morgan fingerprint density at radius 1 is 1.20 bits per heavy atom. The number of fused-ring (bicyclic) bond motifs is 1. The van der Waals surface area contributed by atoms with Crippen LogP contribution in [0.25, 0.3) is 0 Å². The van der Waals surface area contributed by atoms with E-state index in [0.717, 1.165) is 91.7 Å². The number of anilines is 1. The number of nitrogens with zero attached hydrogens (tertiary/aromatic N) is 3. The van der Waals surface area contributed by atoms with Gasteiger partial charge in [-0.3, -0.25) is 10.3 Å². The summed E-state index contributed by atoms with van der Waals surface area (Å²) in [6.45, 7) is 11.6. The van der Waals surface area contributed by atoms with Crippen molar-refractivity contribution in [1.82, 2.24) is 15.1 Å².